The number of nitrogens with zero attached hydrogens (tertiary/aromatic N) is 1. The summed E-state index contributed by atoms with van der Waals surface area (Å²) in [4.78, 5) is 5.71. The number of pyridine rings is 1. The lowest BCUT2D eigenvalue weighted by Gasteiger charge is -2.46. The highest BCUT2D eigenvalue weighted by atomic mass is 19.4. The maximum Gasteiger partial charge on any atom is 0.416 e. The van der Waals surface area contributed by atoms with Crippen molar-refractivity contribution in [3.63, 3.8) is 0 Å². The van der Waals surface area contributed by atoms with Gasteiger partial charge in [-0.1, -0.05) is 66.7 Å². The minimum atomic E-state index is -6.13. The Balaban J connectivity index is 0.000000542. The standard InChI is InChI=1S/C32H12BF24.C13H14NO/c34-25(35,36)13-1-14(26(37,38)39)6-21(5-13)33(22-7-15(27(40,41)42)2-16(8-22)28(43,44)45,23-9-17(29(46,47)48)3-18(10-23)30(49,50)51)24-11-19(31(52,53)54)4-20(12-24)32(55,56)57;1-11-6-7-12(2)13(10-11)15-14-8-4-3-5-9-14/h1-12H;3-10H,1-2H3/q-1;+1. The van der Waals surface area contributed by atoms with Crippen LogP contribution < -0.4 is 31.4 Å². The van der Waals surface area contributed by atoms with Crippen LogP contribution in [-0.4, -0.2) is 6.15 Å². The van der Waals surface area contributed by atoms with Gasteiger partial charge in [-0.25, -0.2) is 4.84 Å². The summed E-state index contributed by atoms with van der Waals surface area (Å²) in [7, 11) is 0. The van der Waals surface area contributed by atoms with Crippen molar-refractivity contribution in [1.82, 2.24) is 0 Å². The fraction of sp³-hybridized carbons (Fsp3) is 0.222. The molecule has 0 aliphatic rings. The van der Waals surface area contributed by atoms with Crippen molar-refractivity contribution >= 4 is 28.0 Å². The number of rotatable bonds is 6. The van der Waals surface area contributed by atoms with Gasteiger partial charge in [0.05, 0.1) is 44.5 Å². The Hall–Kier alpha value is -6.57. The number of aryl methyl sites for hydroxylation is 2. The molecule has 0 saturated carbocycles. The van der Waals surface area contributed by atoms with E-state index in [1.54, 1.807) is 4.73 Å². The minimum Gasteiger partial charge on any atom is -0.231 e. The molecule has 1 heterocycles. The molecule has 388 valence electrons. The maximum absolute atomic E-state index is 14.2. The molecule has 0 bridgehead atoms. The third kappa shape index (κ3) is 12.9. The maximum atomic E-state index is 14.2. The number of hydrogen-bond donors (Lipinski definition) is 0. The molecule has 0 fully saturated rings. The van der Waals surface area contributed by atoms with Crippen LogP contribution in [0, 0.1) is 13.8 Å². The van der Waals surface area contributed by atoms with Gasteiger partial charge < -0.3 is 0 Å². The summed E-state index contributed by atoms with van der Waals surface area (Å²) in [5.74, 6) is 0.895. The topological polar surface area (TPSA) is 13.1 Å². The Morgan fingerprint density at radius 3 is 0.778 bits per heavy atom. The first-order valence-corrected chi connectivity index (χ1v) is 19.6. The molecule has 0 unspecified atom stereocenters. The molecule has 2 nitrogen and oxygen atoms in total. The lowest BCUT2D eigenvalue weighted by molar-refractivity contribution is -0.875. The average molecular weight is 1060 g/mol. The minimum absolute atomic E-state index is 0.691. The number of hydrogen-bond acceptors (Lipinski definition) is 1. The molecule has 0 atom stereocenters. The van der Waals surface area contributed by atoms with Crippen molar-refractivity contribution in [2.24, 2.45) is 0 Å². The van der Waals surface area contributed by atoms with Gasteiger partial charge in [0.2, 0.25) is 18.1 Å². The van der Waals surface area contributed by atoms with E-state index >= 15 is 0 Å². The molecule has 72 heavy (non-hydrogen) atoms. The molecule has 0 aliphatic heterocycles. The van der Waals surface area contributed by atoms with E-state index in [1.165, 1.54) is 5.56 Å². The molecule has 6 aromatic rings. The zero-order valence-electron chi connectivity index (χ0n) is 35.6. The summed E-state index contributed by atoms with van der Waals surface area (Å²) in [5.41, 5.74) is -27.9. The molecular formula is C45H26BF24NO. The first-order valence-electron chi connectivity index (χ1n) is 19.6. The van der Waals surface area contributed by atoms with Crippen LogP contribution >= 0.6 is 0 Å². The number of alkyl halides is 24. The van der Waals surface area contributed by atoms with Crippen LogP contribution in [0.25, 0.3) is 0 Å². The molecule has 5 aromatic carbocycles. The largest absolute Gasteiger partial charge is 0.416 e. The van der Waals surface area contributed by atoms with Crippen LogP contribution in [0.4, 0.5) is 105 Å². The van der Waals surface area contributed by atoms with E-state index in [1.807, 2.05) is 43.6 Å². The Kier molecular flexibility index (Phi) is 15.0. The predicted molar refractivity (Wildman–Crippen MR) is 209 cm³/mol. The van der Waals surface area contributed by atoms with Gasteiger partial charge in [-0.05, 0) is 55.3 Å². The summed E-state index contributed by atoms with van der Waals surface area (Å²) in [6.45, 7) is 4.10. The van der Waals surface area contributed by atoms with Gasteiger partial charge in [0.25, 0.3) is 0 Å². The van der Waals surface area contributed by atoms with Gasteiger partial charge in [0.15, 0.2) is 0 Å². The lowest BCUT2D eigenvalue weighted by atomic mass is 9.12. The van der Waals surface area contributed by atoms with E-state index in [0.29, 0.717) is 0 Å². The van der Waals surface area contributed by atoms with Crippen molar-refractivity contribution in [2.45, 2.75) is 63.3 Å². The summed E-state index contributed by atoms with van der Waals surface area (Å²) >= 11 is 0. The molecule has 0 amide bonds. The Morgan fingerprint density at radius 2 is 0.556 bits per heavy atom. The van der Waals surface area contributed by atoms with Crippen LogP contribution in [0.5, 0.6) is 5.75 Å². The highest BCUT2D eigenvalue weighted by molar-refractivity contribution is 7.20. The van der Waals surface area contributed by atoms with Gasteiger partial charge >= 0.3 is 49.4 Å². The van der Waals surface area contributed by atoms with Crippen LogP contribution in [0.2, 0.25) is 0 Å². The fourth-order valence-electron chi connectivity index (χ4n) is 7.43. The van der Waals surface area contributed by atoms with Gasteiger partial charge in [-0.15, -0.1) is 0 Å². The molecule has 0 N–H and O–H groups in total. The number of aromatic nitrogens is 1. The van der Waals surface area contributed by atoms with E-state index in [4.69, 9.17) is 4.84 Å². The fourth-order valence-corrected chi connectivity index (χ4v) is 7.43. The first-order chi connectivity index (χ1) is 32.5. The average Bonchev–Trinajstić information content (AvgIpc) is 3.23. The van der Waals surface area contributed by atoms with Gasteiger partial charge in [-0.3, -0.25) is 0 Å². The number of benzene rings is 5. The Labute approximate surface area is 389 Å². The van der Waals surface area contributed by atoms with E-state index in [2.05, 4.69) is 19.1 Å². The van der Waals surface area contributed by atoms with E-state index in [9.17, 15) is 105 Å². The smallest absolute Gasteiger partial charge is 0.231 e. The highest BCUT2D eigenvalue weighted by Gasteiger charge is 2.47. The zero-order valence-corrected chi connectivity index (χ0v) is 35.6. The van der Waals surface area contributed by atoms with E-state index < -0.39 is 195 Å². The Morgan fingerprint density at radius 1 is 0.319 bits per heavy atom. The normalized spacial score (nSPS) is 13.4. The second kappa shape index (κ2) is 19.1. The molecule has 0 saturated heterocycles. The van der Waals surface area contributed by atoms with E-state index in [-0.39, 0.29) is 0 Å². The second-order valence-corrected chi connectivity index (χ2v) is 15.8. The van der Waals surface area contributed by atoms with Gasteiger partial charge in [0.1, 0.15) is 6.15 Å². The van der Waals surface area contributed by atoms with Crippen molar-refractivity contribution in [3.05, 3.63) is 177 Å². The zero-order chi connectivity index (χ0) is 54.6. The van der Waals surface area contributed by atoms with Crippen molar-refractivity contribution < 1.29 is 115 Å². The van der Waals surface area contributed by atoms with Crippen LogP contribution in [0.15, 0.2) is 122 Å². The Bertz CT molecular complexity index is 2470. The van der Waals surface area contributed by atoms with Crippen molar-refractivity contribution in [2.75, 3.05) is 0 Å². The lowest BCUT2D eigenvalue weighted by Crippen LogP contribution is -2.75. The third-order valence-corrected chi connectivity index (χ3v) is 10.7. The molecule has 0 radical (unpaired) electrons. The highest BCUT2D eigenvalue weighted by Crippen LogP contribution is 2.41. The molecule has 0 spiro atoms. The summed E-state index contributed by atoms with van der Waals surface area (Å²) in [6, 6.07) is 3.20. The quantitative estimate of drug-likeness (QED) is 0.0920. The molecule has 6 rings (SSSR count). The van der Waals surface area contributed by atoms with Gasteiger partial charge in [-0.2, -0.15) is 127 Å². The van der Waals surface area contributed by atoms with Crippen molar-refractivity contribution in [3.8, 4) is 5.75 Å². The SMILES string of the molecule is Cc1ccc(C)c(O[n+]2ccccc2)c1.FC(F)(F)c1cc([B-](c2cc(C(F)(F)F)cc(C(F)(F)F)c2)(c2cc(C(F)(F)F)cc(C(F)(F)F)c2)c2cc(C(F)(F)F)cc(C(F)(F)F)c2)cc(C(F)(F)F)c1. The number of halogens is 24. The predicted octanol–water partition coefficient (Wildman–Crippen LogP) is 13.6. The van der Waals surface area contributed by atoms with Crippen LogP contribution in [0.1, 0.15) is 55.6 Å². The molecular weight excluding hydrogens is 1040 g/mol. The molecule has 27 heteroatoms. The van der Waals surface area contributed by atoms with Crippen LogP contribution in [-0.2, 0) is 49.4 Å². The molecule has 1 aromatic heterocycles. The summed E-state index contributed by atoms with van der Waals surface area (Å²) in [6.07, 6.45) is -51.1. The monoisotopic (exact) mass is 1060 g/mol. The molecule has 0 aliphatic carbocycles. The summed E-state index contributed by atoms with van der Waals surface area (Å²) < 4.78 is 343. The third-order valence-electron chi connectivity index (χ3n) is 10.7. The van der Waals surface area contributed by atoms with Crippen molar-refractivity contribution in [1.29, 1.82) is 0 Å². The van der Waals surface area contributed by atoms with Gasteiger partial charge in [0, 0.05) is 16.9 Å². The summed E-state index contributed by atoms with van der Waals surface area (Å²) in [5, 5.41) is 0. The van der Waals surface area contributed by atoms with Crippen LogP contribution in [0.3, 0.4) is 0 Å². The second-order valence-electron chi connectivity index (χ2n) is 15.8. The van der Waals surface area contributed by atoms with E-state index in [0.717, 1.165) is 11.3 Å². The first kappa shape index (κ1) is 56.4.